The third kappa shape index (κ3) is 5.30. The Kier molecular flexibility index (Phi) is 7.17. The van der Waals surface area contributed by atoms with Gasteiger partial charge in [-0.2, -0.15) is 0 Å². The van der Waals surface area contributed by atoms with E-state index < -0.39 is 0 Å². The number of nitrogens with zero attached hydrogens (tertiary/aromatic N) is 2. The summed E-state index contributed by atoms with van der Waals surface area (Å²) >= 11 is 5.89. The summed E-state index contributed by atoms with van der Waals surface area (Å²) in [5.41, 5.74) is 0. The Labute approximate surface area is 153 Å². The summed E-state index contributed by atoms with van der Waals surface area (Å²) in [6, 6.07) is 1.16. The highest BCUT2D eigenvalue weighted by Crippen LogP contribution is 2.22. The smallest absolute Gasteiger partial charge is 0.169 e. The van der Waals surface area contributed by atoms with Crippen molar-refractivity contribution in [3.63, 3.8) is 0 Å². The lowest BCUT2D eigenvalue weighted by atomic mass is 10.0. The maximum absolute atomic E-state index is 5.92. The number of rotatable bonds is 4. The minimum atomic E-state index is 0.374. The Balaban J connectivity index is 1.59. The lowest BCUT2D eigenvalue weighted by molar-refractivity contribution is 0.0709. The predicted octanol–water partition coefficient (Wildman–Crippen LogP) is 3.16. The number of ether oxygens (including phenoxy) is 1. The molecule has 0 aromatic heterocycles. The summed E-state index contributed by atoms with van der Waals surface area (Å²) in [5, 5.41) is 4.72. The third-order valence-electron chi connectivity index (χ3n) is 6.00. The van der Waals surface area contributed by atoms with E-state index in [0.717, 1.165) is 18.3 Å². The summed E-state index contributed by atoms with van der Waals surface area (Å²) in [6.45, 7) is 4.26. The van der Waals surface area contributed by atoms with Crippen molar-refractivity contribution in [1.29, 1.82) is 0 Å². The number of likely N-dealkylation sites (tertiary alicyclic amines) is 1. The normalized spacial score (nSPS) is 27.8. The fourth-order valence-corrected chi connectivity index (χ4v) is 4.78. The Morgan fingerprint density at radius 3 is 2.38 bits per heavy atom. The van der Waals surface area contributed by atoms with Gasteiger partial charge in [0.05, 0.1) is 6.10 Å². The summed E-state index contributed by atoms with van der Waals surface area (Å²) in [5.74, 6) is 0. The molecule has 1 aliphatic carbocycles. The number of piperidine rings is 1. The highest BCUT2D eigenvalue weighted by molar-refractivity contribution is 7.80. The topological polar surface area (TPSA) is 27.7 Å². The van der Waals surface area contributed by atoms with Crippen molar-refractivity contribution in [2.45, 2.75) is 82.4 Å². The zero-order valence-electron chi connectivity index (χ0n) is 15.3. The van der Waals surface area contributed by atoms with Crippen LogP contribution >= 0.6 is 12.2 Å². The average molecular weight is 354 g/mol. The van der Waals surface area contributed by atoms with Gasteiger partial charge in [-0.1, -0.05) is 25.7 Å². The van der Waals surface area contributed by atoms with E-state index in [1.54, 1.807) is 0 Å². The molecule has 0 aromatic rings. The zero-order chi connectivity index (χ0) is 16.8. The minimum Gasteiger partial charge on any atom is -0.376 e. The molecule has 0 radical (unpaired) electrons. The standard InChI is InChI=1S/C19H35N3OS/c1-21-12-10-17(11-13-21)22(15-18-9-6-14-23-18)19(24)20-16-7-4-2-3-5-8-16/h16-18H,2-15H2,1H3,(H,20,24). The molecule has 0 amide bonds. The lowest BCUT2D eigenvalue weighted by Gasteiger charge is -2.40. The summed E-state index contributed by atoms with van der Waals surface area (Å²) in [4.78, 5) is 4.92. The lowest BCUT2D eigenvalue weighted by Crippen LogP contribution is -2.54. The van der Waals surface area contributed by atoms with Crippen LogP contribution in [0.4, 0.5) is 0 Å². The molecule has 0 aromatic carbocycles. The quantitative estimate of drug-likeness (QED) is 0.619. The van der Waals surface area contributed by atoms with E-state index in [4.69, 9.17) is 17.0 Å². The molecular formula is C19H35N3OS. The minimum absolute atomic E-state index is 0.374. The van der Waals surface area contributed by atoms with Crippen molar-refractivity contribution in [1.82, 2.24) is 15.1 Å². The van der Waals surface area contributed by atoms with Gasteiger partial charge in [0.1, 0.15) is 0 Å². The third-order valence-corrected chi connectivity index (χ3v) is 6.35. The van der Waals surface area contributed by atoms with E-state index in [2.05, 4.69) is 22.2 Å². The second kappa shape index (κ2) is 9.35. The summed E-state index contributed by atoms with van der Waals surface area (Å²) < 4.78 is 5.92. The van der Waals surface area contributed by atoms with Crippen LogP contribution in [0.2, 0.25) is 0 Å². The van der Waals surface area contributed by atoms with Gasteiger partial charge in [0.15, 0.2) is 5.11 Å². The van der Waals surface area contributed by atoms with Gasteiger partial charge < -0.3 is 19.9 Å². The first-order valence-corrected chi connectivity index (χ1v) is 10.5. The van der Waals surface area contributed by atoms with E-state index in [1.165, 1.54) is 77.3 Å². The van der Waals surface area contributed by atoms with Crippen molar-refractivity contribution in [2.24, 2.45) is 0 Å². The van der Waals surface area contributed by atoms with E-state index in [9.17, 15) is 0 Å². The molecule has 0 spiro atoms. The van der Waals surface area contributed by atoms with Crippen molar-refractivity contribution < 1.29 is 4.74 Å². The second-order valence-corrected chi connectivity index (χ2v) is 8.35. The van der Waals surface area contributed by atoms with Gasteiger partial charge in [-0.25, -0.2) is 0 Å². The van der Waals surface area contributed by atoms with Gasteiger partial charge in [0.25, 0.3) is 0 Å². The van der Waals surface area contributed by atoms with Crippen molar-refractivity contribution >= 4 is 17.3 Å². The molecule has 138 valence electrons. The van der Waals surface area contributed by atoms with Crippen LogP contribution in [-0.2, 0) is 4.74 Å². The van der Waals surface area contributed by atoms with Gasteiger partial charge in [-0.3, -0.25) is 0 Å². The van der Waals surface area contributed by atoms with Crippen LogP contribution in [0.25, 0.3) is 0 Å². The van der Waals surface area contributed by atoms with Crippen LogP contribution in [0.3, 0.4) is 0 Å². The predicted molar refractivity (Wildman–Crippen MR) is 103 cm³/mol. The fourth-order valence-electron chi connectivity index (χ4n) is 4.39. The molecule has 1 atom stereocenters. The molecule has 1 saturated carbocycles. The van der Waals surface area contributed by atoms with Crippen LogP contribution in [0.5, 0.6) is 0 Å². The SMILES string of the molecule is CN1CCC(N(CC2CCCO2)C(=S)NC2CCCCCC2)CC1. The highest BCUT2D eigenvalue weighted by atomic mass is 32.1. The molecule has 0 bridgehead atoms. The molecule has 2 saturated heterocycles. The van der Waals surface area contributed by atoms with E-state index in [0.29, 0.717) is 18.2 Å². The molecule has 2 heterocycles. The molecular weight excluding hydrogens is 318 g/mol. The number of nitrogens with one attached hydrogen (secondary N) is 1. The van der Waals surface area contributed by atoms with Crippen LogP contribution in [0.15, 0.2) is 0 Å². The average Bonchev–Trinajstić information content (AvgIpc) is 2.97. The van der Waals surface area contributed by atoms with Crippen LogP contribution in [0, 0.1) is 0 Å². The van der Waals surface area contributed by atoms with Gasteiger partial charge >= 0.3 is 0 Å². The molecule has 2 aliphatic heterocycles. The first kappa shape index (κ1) is 18.4. The summed E-state index contributed by atoms with van der Waals surface area (Å²) in [6.07, 6.45) is 13.2. The van der Waals surface area contributed by atoms with E-state index in [-0.39, 0.29) is 0 Å². The van der Waals surface area contributed by atoms with Crippen LogP contribution in [-0.4, -0.2) is 66.4 Å². The molecule has 3 rings (SSSR count). The first-order chi connectivity index (χ1) is 11.7. The molecule has 24 heavy (non-hydrogen) atoms. The number of thiocarbonyl (C=S) groups is 1. The molecule has 4 nitrogen and oxygen atoms in total. The molecule has 1 unspecified atom stereocenters. The van der Waals surface area contributed by atoms with E-state index >= 15 is 0 Å². The second-order valence-electron chi connectivity index (χ2n) is 7.96. The van der Waals surface area contributed by atoms with Crippen LogP contribution in [0.1, 0.15) is 64.2 Å². The highest BCUT2D eigenvalue weighted by Gasteiger charge is 2.29. The molecule has 3 fully saturated rings. The maximum atomic E-state index is 5.92. The van der Waals surface area contributed by atoms with Gasteiger partial charge in [-0.15, -0.1) is 0 Å². The zero-order valence-corrected chi connectivity index (χ0v) is 16.2. The summed E-state index contributed by atoms with van der Waals surface area (Å²) in [7, 11) is 2.22. The van der Waals surface area contributed by atoms with Crippen molar-refractivity contribution in [2.75, 3.05) is 33.3 Å². The van der Waals surface area contributed by atoms with Gasteiger partial charge in [0.2, 0.25) is 0 Å². The first-order valence-electron chi connectivity index (χ1n) is 10.1. The molecule has 5 heteroatoms. The molecule has 3 aliphatic rings. The Morgan fingerprint density at radius 2 is 1.75 bits per heavy atom. The maximum Gasteiger partial charge on any atom is 0.169 e. The monoisotopic (exact) mass is 353 g/mol. The van der Waals surface area contributed by atoms with Gasteiger partial charge in [0, 0.05) is 25.2 Å². The number of hydrogen-bond donors (Lipinski definition) is 1. The van der Waals surface area contributed by atoms with Crippen LogP contribution < -0.4 is 5.32 Å². The van der Waals surface area contributed by atoms with Gasteiger partial charge in [-0.05, 0) is 70.9 Å². The fraction of sp³-hybridized carbons (Fsp3) is 0.947. The number of hydrogen-bond acceptors (Lipinski definition) is 3. The largest absolute Gasteiger partial charge is 0.376 e. The Morgan fingerprint density at radius 1 is 1.04 bits per heavy atom. The molecule has 1 N–H and O–H groups in total. The van der Waals surface area contributed by atoms with Crippen molar-refractivity contribution in [3.8, 4) is 0 Å². The van der Waals surface area contributed by atoms with Crippen molar-refractivity contribution in [3.05, 3.63) is 0 Å². The van der Waals surface area contributed by atoms with E-state index in [1.807, 2.05) is 0 Å². The Bertz CT molecular complexity index is 384. The Hall–Kier alpha value is -0.390.